The number of anilines is 1. The van der Waals surface area contributed by atoms with Crippen LogP contribution in [-0.2, 0) is 4.74 Å². The number of nitrogens with one attached hydrogen (secondary N) is 1. The number of hydrogen-bond donors (Lipinski definition) is 1. The average Bonchev–Trinajstić information content (AvgIpc) is 3.24. The summed E-state index contributed by atoms with van der Waals surface area (Å²) < 4.78 is 6.12. The molecule has 1 saturated heterocycles. The minimum Gasteiger partial charge on any atom is -0.376 e. The standard InChI is InChI=1S/C14H13N5O3S2/c15-7-9-3-4-12(11(6-9)19(20)21)23-14-18-17-13(24-14)16-8-10-2-1-5-22-10/h3-4,6,10H,1-2,5,8H2,(H,16,17). The number of hydrogen-bond acceptors (Lipinski definition) is 9. The number of rotatable bonds is 6. The number of nitro benzene ring substituents is 1. The van der Waals surface area contributed by atoms with E-state index in [2.05, 4.69) is 15.5 Å². The van der Waals surface area contributed by atoms with E-state index in [0.717, 1.165) is 31.2 Å². The van der Waals surface area contributed by atoms with Gasteiger partial charge in [-0.3, -0.25) is 10.1 Å². The van der Waals surface area contributed by atoms with Crippen molar-refractivity contribution in [1.82, 2.24) is 10.2 Å². The van der Waals surface area contributed by atoms with E-state index >= 15 is 0 Å². The summed E-state index contributed by atoms with van der Waals surface area (Å²) in [5, 5.41) is 31.9. The van der Waals surface area contributed by atoms with Crippen molar-refractivity contribution in [3.8, 4) is 6.07 Å². The molecule has 1 atom stereocenters. The van der Waals surface area contributed by atoms with E-state index in [0.29, 0.717) is 20.9 Å². The molecule has 8 nitrogen and oxygen atoms in total. The van der Waals surface area contributed by atoms with Crippen molar-refractivity contribution >= 4 is 33.9 Å². The Morgan fingerprint density at radius 3 is 3.12 bits per heavy atom. The lowest BCUT2D eigenvalue weighted by Crippen LogP contribution is -2.18. The van der Waals surface area contributed by atoms with Crippen LogP contribution in [0, 0.1) is 21.4 Å². The third-order valence-corrected chi connectivity index (χ3v) is 5.39. The minimum absolute atomic E-state index is 0.108. The Labute approximate surface area is 146 Å². The average molecular weight is 363 g/mol. The predicted octanol–water partition coefficient (Wildman–Crippen LogP) is 3.06. The largest absolute Gasteiger partial charge is 0.376 e. The molecule has 0 radical (unpaired) electrons. The highest BCUT2D eigenvalue weighted by Crippen LogP contribution is 2.37. The maximum Gasteiger partial charge on any atom is 0.284 e. The lowest BCUT2D eigenvalue weighted by molar-refractivity contribution is -0.387. The Bertz CT molecular complexity index is 783. The van der Waals surface area contributed by atoms with Crippen LogP contribution in [0.15, 0.2) is 27.4 Å². The van der Waals surface area contributed by atoms with Crippen LogP contribution in [0.3, 0.4) is 0 Å². The summed E-state index contributed by atoms with van der Waals surface area (Å²) in [5.74, 6) is 0. The van der Waals surface area contributed by atoms with Gasteiger partial charge in [0, 0.05) is 19.2 Å². The quantitative estimate of drug-likeness (QED) is 0.615. The molecule has 2 aromatic rings. The Morgan fingerprint density at radius 1 is 1.54 bits per heavy atom. The fourth-order valence-corrected chi connectivity index (χ4v) is 4.04. The van der Waals surface area contributed by atoms with Gasteiger partial charge < -0.3 is 10.1 Å². The fraction of sp³-hybridized carbons (Fsp3) is 0.357. The topological polar surface area (TPSA) is 114 Å². The molecule has 124 valence electrons. The Morgan fingerprint density at radius 2 is 2.42 bits per heavy atom. The number of nitrogens with zero attached hydrogens (tertiary/aromatic N) is 4. The molecule has 1 aromatic heterocycles. The van der Waals surface area contributed by atoms with E-state index in [4.69, 9.17) is 10.00 Å². The molecule has 0 saturated carbocycles. The summed E-state index contributed by atoms with van der Waals surface area (Å²) in [6, 6.07) is 6.27. The van der Waals surface area contributed by atoms with Gasteiger partial charge in [0.25, 0.3) is 5.69 Å². The number of aromatic nitrogens is 2. The van der Waals surface area contributed by atoms with Gasteiger partial charge in [0.05, 0.1) is 27.6 Å². The molecule has 0 bridgehead atoms. The summed E-state index contributed by atoms with van der Waals surface area (Å²) in [6.45, 7) is 1.47. The highest BCUT2D eigenvalue weighted by Gasteiger charge is 2.19. The summed E-state index contributed by atoms with van der Waals surface area (Å²) >= 11 is 2.49. The molecule has 1 N–H and O–H groups in total. The summed E-state index contributed by atoms with van der Waals surface area (Å²) in [5.41, 5.74) is 0.144. The molecular weight excluding hydrogens is 350 g/mol. The van der Waals surface area contributed by atoms with Crippen molar-refractivity contribution in [3.63, 3.8) is 0 Å². The normalized spacial score (nSPS) is 16.7. The molecule has 1 aromatic carbocycles. The summed E-state index contributed by atoms with van der Waals surface area (Å²) in [7, 11) is 0. The zero-order valence-corrected chi connectivity index (χ0v) is 14.1. The molecule has 1 unspecified atom stereocenters. The second-order valence-corrected chi connectivity index (χ2v) is 7.31. The molecule has 0 aliphatic carbocycles. The van der Waals surface area contributed by atoms with E-state index in [1.807, 2.05) is 6.07 Å². The van der Waals surface area contributed by atoms with E-state index in [1.165, 1.54) is 17.4 Å². The van der Waals surface area contributed by atoms with Crippen LogP contribution >= 0.6 is 23.1 Å². The minimum atomic E-state index is -0.499. The fourth-order valence-electron chi connectivity index (χ4n) is 2.24. The van der Waals surface area contributed by atoms with Crippen LogP contribution in [-0.4, -0.2) is 34.4 Å². The first-order valence-electron chi connectivity index (χ1n) is 7.21. The van der Waals surface area contributed by atoms with E-state index in [1.54, 1.807) is 12.1 Å². The molecule has 3 rings (SSSR count). The second-order valence-electron chi connectivity index (χ2n) is 5.04. The van der Waals surface area contributed by atoms with E-state index < -0.39 is 4.92 Å². The number of benzene rings is 1. The van der Waals surface area contributed by atoms with Crippen molar-refractivity contribution in [3.05, 3.63) is 33.9 Å². The highest BCUT2D eigenvalue weighted by atomic mass is 32.2. The molecule has 24 heavy (non-hydrogen) atoms. The molecule has 1 aliphatic rings. The summed E-state index contributed by atoms with van der Waals surface area (Å²) in [6.07, 6.45) is 2.31. The first-order chi connectivity index (χ1) is 11.7. The molecule has 0 amide bonds. The second kappa shape index (κ2) is 7.57. The third-order valence-electron chi connectivity index (χ3n) is 3.39. The predicted molar refractivity (Wildman–Crippen MR) is 89.3 cm³/mol. The Kier molecular flexibility index (Phi) is 5.24. The van der Waals surface area contributed by atoms with Gasteiger partial charge in [-0.15, -0.1) is 10.2 Å². The summed E-state index contributed by atoms with van der Waals surface area (Å²) in [4.78, 5) is 11.1. The molecule has 1 aliphatic heterocycles. The van der Waals surface area contributed by atoms with Crippen LogP contribution in [0.2, 0.25) is 0 Å². The zero-order valence-electron chi connectivity index (χ0n) is 12.5. The van der Waals surface area contributed by atoms with Crippen LogP contribution < -0.4 is 5.32 Å². The van der Waals surface area contributed by atoms with Crippen molar-refractivity contribution in [2.75, 3.05) is 18.5 Å². The van der Waals surface area contributed by atoms with Gasteiger partial charge >= 0.3 is 0 Å². The van der Waals surface area contributed by atoms with Crippen LogP contribution in [0.5, 0.6) is 0 Å². The van der Waals surface area contributed by atoms with Gasteiger partial charge in [0.15, 0.2) is 4.34 Å². The first-order valence-corrected chi connectivity index (χ1v) is 8.84. The van der Waals surface area contributed by atoms with Crippen molar-refractivity contribution < 1.29 is 9.66 Å². The number of nitriles is 1. The van der Waals surface area contributed by atoms with Crippen molar-refractivity contribution in [2.45, 2.75) is 28.2 Å². The van der Waals surface area contributed by atoms with Crippen LogP contribution in [0.1, 0.15) is 18.4 Å². The lowest BCUT2D eigenvalue weighted by atomic mass is 10.2. The molecule has 10 heteroatoms. The van der Waals surface area contributed by atoms with Crippen LogP contribution in [0.4, 0.5) is 10.8 Å². The van der Waals surface area contributed by atoms with Crippen LogP contribution in [0.25, 0.3) is 0 Å². The third kappa shape index (κ3) is 4.00. The van der Waals surface area contributed by atoms with E-state index in [9.17, 15) is 10.1 Å². The van der Waals surface area contributed by atoms with Gasteiger partial charge in [0.2, 0.25) is 5.13 Å². The van der Waals surface area contributed by atoms with E-state index in [-0.39, 0.29) is 17.4 Å². The lowest BCUT2D eigenvalue weighted by Gasteiger charge is -2.08. The maximum atomic E-state index is 11.2. The van der Waals surface area contributed by atoms with Gasteiger partial charge in [-0.1, -0.05) is 11.3 Å². The van der Waals surface area contributed by atoms with Gasteiger partial charge in [-0.05, 0) is 36.7 Å². The zero-order chi connectivity index (χ0) is 16.9. The van der Waals surface area contributed by atoms with Gasteiger partial charge in [0.1, 0.15) is 0 Å². The van der Waals surface area contributed by atoms with Gasteiger partial charge in [-0.25, -0.2) is 0 Å². The Hall–Kier alpha value is -2.22. The van der Waals surface area contributed by atoms with Crippen molar-refractivity contribution in [2.24, 2.45) is 0 Å². The highest BCUT2D eigenvalue weighted by molar-refractivity contribution is 8.01. The monoisotopic (exact) mass is 363 g/mol. The molecular formula is C14H13N5O3S2. The van der Waals surface area contributed by atoms with Gasteiger partial charge in [-0.2, -0.15) is 5.26 Å². The first kappa shape index (κ1) is 16.6. The number of nitro groups is 1. The smallest absolute Gasteiger partial charge is 0.284 e. The maximum absolute atomic E-state index is 11.2. The molecule has 0 spiro atoms. The van der Waals surface area contributed by atoms with Crippen molar-refractivity contribution in [1.29, 1.82) is 5.26 Å². The molecule has 2 heterocycles. The molecule has 1 fully saturated rings. The Balaban J connectivity index is 1.68. The SMILES string of the molecule is N#Cc1ccc(Sc2nnc(NCC3CCCO3)s2)c([N+](=O)[O-])c1. The number of ether oxygens (including phenoxy) is 1.